The molecule has 0 aromatic heterocycles. The highest BCUT2D eigenvalue weighted by Crippen LogP contribution is 2.19. The van der Waals surface area contributed by atoms with E-state index in [0.29, 0.717) is 6.54 Å². The normalized spacial score (nSPS) is 13.5. The zero-order chi connectivity index (χ0) is 11.5. The molecule has 15 heavy (non-hydrogen) atoms. The largest absolute Gasteiger partial charge is 0.326 e. The number of hydrogen-bond acceptors (Lipinski definition) is 4. The Bertz CT molecular complexity index is 438. The van der Waals surface area contributed by atoms with Gasteiger partial charge in [-0.3, -0.25) is 4.55 Å². The fourth-order valence-electron chi connectivity index (χ4n) is 1.16. The van der Waals surface area contributed by atoms with E-state index < -0.39 is 15.4 Å². The second-order valence-electron chi connectivity index (χ2n) is 3.02. The average molecular weight is 229 g/mol. The molecule has 0 spiro atoms. The van der Waals surface area contributed by atoms with Crippen LogP contribution in [-0.2, 0) is 21.5 Å². The summed E-state index contributed by atoms with van der Waals surface area (Å²) in [6.07, 6.45) is 0.187. The van der Waals surface area contributed by atoms with Gasteiger partial charge in [0.15, 0.2) is 5.25 Å². The Hall–Kier alpha value is -1.24. The van der Waals surface area contributed by atoms with Crippen LogP contribution in [0.2, 0.25) is 0 Å². The molecule has 1 unspecified atom stereocenters. The van der Waals surface area contributed by atoms with Gasteiger partial charge in [-0.25, -0.2) is 0 Å². The van der Waals surface area contributed by atoms with E-state index in [4.69, 9.17) is 10.3 Å². The van der Waals surface area contributed by atoms with E-state index in [1.807, 2.05) is 0 Å². The summed E-state index contributed by atoms with van der Waals surface area (Å²) >= 11 is 0. The molecule has 0 saturated heterocycles. The van der Waals surface area contributed by atoms with Crippen molar-refractivity contribution in [3.63, 3.8) is 0 Å². The van der Waals surface area contributed by atoms with Gasteiger partial charge in [0.05, 0.1) is 0 Å². The van der Waals surface area contributed by atoms with Crippen LogP contribution in [0.4, 0.5) is 0 Å². The number of carbonyl (C=O) groups is 1. The molecule has 0 aliphatic carbocycles. The molecule has 6 heteroatoms. The van der Waals surface area contributed by atoms with E-state index in [2.05, 4.69) is 0 Å². The van der Waals surface area contributed by atoms with E-state index in [-0.39, 0.29) is 11.8 Å². The highest BCUT2D eigenvalue weighted by atomic mass is 32.2. The molecule has 0 heterocycles. The van der Waals surface area contributed by atoms with Gasteiger partial charge in [-0.2, -0.15) is 8.42 Å². The van der Waals surface area contributed by atoms with Crippen molar-refractivity contribution >= 4 is 16.4 Å². The highest BCUT2D eigenvalue weighted by molar-refractivity contribution is 7.86. The number of aldehydes is 1. The average Bonchev–Trinajstić information content (AvgIpc) is 2.18. The molecule has 82 valence electrons. The van der Waals surface area contributed by atoms with Crippen molar-refractivity contribution in [2.24, 2.45) is 5.73 Å². The summed E-state index contributed by atoms with van der Waals surface area (Å²) in [5.74, 6) is 0. The molecule has 0 aliphatic rings. The van der Waals surface area contributed by atoms with Crippen LogP contribution in [0.3, 0.4) is 0 Å². The SMILES string of the molecule is NCc1ccc(C(C=O)S(=O)(=O)O)cc1. The lowest BCUT2D eigenvalue weighted by Crippen LogP contribution is -2.13. The van der Waals surface area contributed by atoms with Crippen molar-refractivity contribution in [3.05, 3.63) is 35.4 Å². The lowest BCUT2D eigenvalue weighted by Gasteiger charge is -2.07. The van der Waals surface area contributed by atoms with Crippen molar-refractivity contribution < 1.29 is 17.8 Å². The van der Waals surface area contributed by atoms with Crippen LogP contribution in [0.1, 0.15) is 16.4 Å². The summed E-state index contributed by atoms with van der Waals surface area (Å²) in [6.45, 7) is 0.331. The van der Waals surface area contributed by atoms with Crippen LogP contribution in [0.5, 0.6) is 0 Å². The summed E-state index contributed by atoms with van der Waals surface area (Å²) in [5, 5.41) is -1.52. The quantitative estimate of drug-likeness (QED) is 0.570. The Labute approximate surface area is 87.7 Å². The predicted molar refractivity (Wildman–Crippen MR) is 54.7 cm³/mol. The molecule has 1 rings (SSSR count). The standard InChI is InChI=1S/C9H11NO4S/c10-5-7-1-3-8(4-2-7)9(6-11)15(12,13)14/h1-4,6,9H,5,10H2,(H,12,13,14). The van der Waals surface area contributed by atoms with Crippen molar-refractivity contribution in [2.45, 2.75) is 11.8 Å². The van der Waals surface area contributed by atoms with Crippen LogP contribution in [-0.4, -0.2) is 19.3 Å². The van der Waals surface area contributed by atoms with Crippen molar-refractivity contribution in [1.29, 1.82) is 0 Å². The van der Waals surface area contributed by atoms with Crippen molar-refractivity contribution in [3.8, 4) is 0 Å². The summed E-state index contributed by atoms with van der Waals surface area (Å²) in [7, 11) is -4.39. The summed E-state index contributed by atoms with van der Waals surface area (Å²) in [6, 6.07) is 6.12. The molecule has 1 aromatic carbocycles. The van der Waals surface area contributed by atoms with E-state index in [0.717, 1.165) is 5.56 Å². The summed E-state index contributed by atoms with van der Waals surface area (Å²) in [5.41, 5.74) is 6.40. The summed E-state index contributed by atoms with van der Waals surface area (Å²) in [4.78, 5) is 10.5. The number of benzene rings is 1. The van der Waals surface area contributed by atoms with E-state index in [1.54, 1.807) is 12.1 Å². The molecule has 0 bridgehead atoms. The number of rotatable bonds is 4. The van der Waals surface area contributed by atoms with Crippen LogP contribution >= 0.6 is 0 Å². The molecule has 1 aromatic rings. The zero-order valence-electron chi connectivity index (χ0n) is 7.83. The minimum atomic E-state index is -4.39. The van der Waals surface area contributed by atoms with Gasteiger partial charge in [-0.15, -0.1) is 0 Å². The van der Waals surface area contributed by atoms with Gasteiger partial charge in [0.1, 0.15) is 6.29 Å². The Morgan fingerprint density at radius 1 is 1.33 bits per heavy atom. The second kappa shape index (κ2) is 4.52. The maximum absolute atomic E-state index is 10.8. The van der Waals surface area contributed by atoms with Crippen LogP contribution < -0.4 is 5.73 Å². The smallest absolute Gasteiger partial charge is 0.278 e. The second-order valence-corrected chi connectivity index (χ2v) is 4.56. The van der Waals surface area contributed by atoms with Crippen LogP contribution in [0.25, 0.3) is 0 Å². The molecule has 0 radical (unpaired) electrons. The van der Waals surface area contributed by atoms with Gasteiger partial charge in [0.25, 0.3) is 10.1 Å². The number of nitrogens with two attached hydrogens (primary N) is 1. The van der Waals surface area contributed by atoms with Crippen LogP contribution in [0.15, 0.2) is 24.3 Å². The maximum Gasteiger partial charge on any atom is 0.278 e. The number of carbonyl (C=O) groups excluding carboxylic acids is 1. The Morgan fingerprint density at radius 2 is 1.87 bits per heavy atom. The van der Waals surface area contributed by atoms with E-state index in [9.17, 15) is 13.2 Å². The molecule has 5 nitrogen and oxygen atoms in total. The molecule has 0 fully saturated rings. The van der Waals surface area contributed by atoms with Gasteiger partial charge in [0, 0.05) is 6.54 Å². The Balaban J connectivity index is 3.09. The summed E-state index contributed by atoms with van der Waals surface area (Å²) < 4.78 is 30.4. The molecular formula is C9H11NO4S. The van der Waals surface area contributed by atoms with E-state index >= 15 is 0 Å². The first-order valence-corrected chi connectivity index (χ1v) is 5.70. The van der Waals surface area contributed by atoms with Gasteiger partial charge in [-0.1, -0.05) is 24.3 Å². The zero-order valence-corrected chi connectivity index (χ0v) is 8.65. The third-order valence-corrected chi connectivity index (χ3v) is 3.01. The Morgan fingerprint density at radius 3 is 2.20 bits per heavy atom. The predicted octanol–water partition coefficient (Wildman–Crippen LogP) is 0.273. The number of hydrogen-bond donors (Lipinski definition) is 2. The van der Waals surface area contributed by atoms with Gasteiger partial charge in [-0.05, 0) is 11.1 Å². The monoisotopic (exact) mass is 229 g/mol. The molecular weight excluding hydrogens is 218 g/mol. The lowest BCUT2D eigenvalue weighted by molar-refractivity contribution is -0.107. The van der Waals surface area contributed by atoms with Gasteiger partial charge < -0.3 is 10.5 Å². The van der Waals surface area contributed by atoms with Gasteiger partial charge >= 0.3 is 0 Å². The van der Waals surface area contributed by atoms with Crippen LogP contribution in [0, 0.1) is 0 Å². The van der Waals surface area contributed by atoms with Gasteiger partial charge in [0.2, 0.25) is 0 Å². The molecule has 0 saturated carbocycles. The fourth-order valence-corrected chi connectivity index (χ4v) is 1.81. The van der Waals surface area contributed by atoms with Crippen molar-refractivity contribution in [2.75, 3.05) is 0 Å². The lowest BCUT2D eigenvalue weighted by atomic mass is 10.1. The fraction of sp³-hybridized carbons (Fsp3) is 0.222. The first kappa shape index (κ1) is 11.8. The molecule has 1 atom stereocenters. The third kappa shape index (κ3) is 2.85. The minimum absolute atomic E-state index is 0.187. The van der Waals surface area contributed by atoms with Crippen molar-refractivity contribution in [1.82, 2.24) is 0 Å². The third-order valence-electron chi connectivity index (χ3n) is 1.99. The molecule has 0 amide bonds. The highest BCUT2D eigenvalue weighted by Gasteiger charge is 2.23. The molecule has 3 N–H and O–H groups in total. The topological polar surface area (TPSA) is 97.5 Å². The Kier molecular flexibility index (Phi) is 3.57. The first-order chi connectivity index (χ1) is 6.99. The maximum atomic E-state index is 10.8. The first-order valence-electron chi connectivity index (χ1n) is 4.19. The minimum Gasteiger partial charge on any atom is -0.326 e. The van der Waals surface area contributed by atoms with E-state index in [1.165, 1.54) is 12.1 Å². The molecule has 0 aliphatic heterocycles.